The van der Waals surface area contributed by atoms with E-state index in [1.165, 1.54) is 24.8 Å². The van der Waals surface area contributed by atoms with Crippen molar-refractivity contribution in [3.8, 4) is 5.75 Å². The van der Waals surface area contributed by atoms with Crippen molar-refractivity contribution in [2.24, 2.45) is 23.0 Å². The third-order valence-electron chi connectivity index (χ3n) is 6.88. The molecule has 4 heteroatoms. The molecule has 4 nitrogen and oxygen atoms in total. The third kappa shape index (κ3) is 3.05. The highest BCUT2D eigenvalue weighted by Gasteiger charge is 2.56. The molecule has 136 valence electrons. The van der Waals surface area contributed by atoms with Crippen LogP contribution < -0.4 is 10.5 Å². The molecule has 1 saturated heterocycles. The van der Waals surface area contributed by atoms with Crippen LogP contribution in [0, 0.1) is 17.3 Å². The quantitative estimate of drug-likeness (QED) is 0.915. The highest BCUT2D eigenvalue weighted by Crippen LogP contribution is 2.58. The number of likely N-dealkylation sites (tertiary alicyclic amines) is 1. The summed E-state index contributed by atoms with van der Waals surface area (Å²) >= 11 is 0. The molecule has 4 rings (SSSR count). The molecule has 0 aromatic heterocycles. The zero-order valence-electron chi connectivity index (χ0n) is 15.2. The van der Waals surface area contributed by atoms with Crippen LogP contribution >= 0.6 is 0 Å². The molecule has 2 saturated carbocycles. The number of carbonyl (C=O) groups excluding carboxylic acids is 1. The molecule has 2 aliphatic carbocycles. The van der Waals surface area contributed by atoms with Gasteiger partial charge in [0.2, 0.25) is 5.91 Å². The van der Waals surface area contributed by atoms with Crippen LogP contribution in [0.1, 0.15) is 44.1 Å². The average molecular weight is 342 g/mol. The van der Waals surface area contributed by atoms with Gasteiger partial charge in [-0.25, -0.2) is 0 Å². The number of piperidine rings is 1. The zero-order valence-corrected chi connectivity index (χ0v) is 15.2. The largest absolute Gasteiger partial charge is 0.497 e. The van der Waals surface area contributed by atoms with E-state index in [0.717, 1.165) is 50.4 Å². The minimum Gasteiger partial charge on any atom is -0.497 e. The van der Waals surface area contributed by atoms with Gasteiger partial charge in [-0.3, -0.25) is 4.79 Å². The molecule has 1 aliphatic heterocycles. The van der Waals surface area contributed by atoms with Crippen LogP contribution in [0.25, 0.3) is 0 Å². The number of benzene rings is 1. The Balaban J connectivity index is 1.60. The highest BCUT2D eigenvalue weighted by molar-refractivity contribution is 5.84. The number of rotatable bonds is 4. The number of nitrogens with zero attached hydrogens (tertiary/aromatic N) is 1. The fraction of sp³-hybridized carbons (Fsp3) is 0.667. The second-order valence-corrected chi connectivity index (χ2v) is 8.39. The fourth-order valence-electron chi connectivity index (χ4n) is 5.56. The van der Waals surface area contributed by atoms with Crippen LogP contribution in [0.5, 0.6) is 5.75 Å². The van der Waals surface area contributed by atoms with E-state index in [2.05, 4.69) is 17.0 Å². The van der Waals surface area contributed by atoms with Crippen molar-refractivity contribution < 1.29 is 9.53 Å². The van der Waals surface area contributed by atoms with Crippen molar-refractivity contribution in [3.63, 3.8) is 0 Å². The van der Waals surface area contributed by atoms with Gasteiger partial charge in [-0.2, -0.15) is 0 Å². The number of carbonyl (C=O) groups is 1. The van der Waals surface area contributed by atoms with E-state index in [-0.39, 0.29) is 11.5 Å². The van der Waals surface area contributed by atoms with Crippen LogP contribution in [0.2, 0.25) is 0 Å². The lowest BCUT2D eigenvalue weighted by Crippen LogP contribution is -2.52. The van der Waals surface area contributed by atoms with Gasteiger partial charge >= 0.3 is 0 Å². The first-order valence-corrected chi connectivity index (χ1v) is 9.78. The summed E-state index contributed by atoms with van der Waals surface area (Å²) in [6.07, 6.45) is 7.56. The van der Waals surface area contributed by atoms with Crippen molar-refractivity contribution in [1.82, 2.24) is 4.90 Å². The minimum absolute atomic E-state index is 0.198. The molecule has 3 fully saturated rings. The summed E-state index contributed by atoms with van der Waals surface area (Å²) in [6.45, 7) is 1.66. The van der Waals surface area contributed by atoms with Gasteiger partial charge in [-0.15, -0.1) is 0 Å². The summed E-state index contributed by atoms with van der Waals surface area (Å²) in [7, 11) is 1.70. The summed E-state index contributed by atoms with van der Waals surface area (Å²) in [5.41, 5.74) is 7.08. The summed E-state index contributed by atoms with van der Waals surface area (Å²) in [6, 6.07) is 8.53. The van der Waals surface area contributed by atoms with E-state index in [4.69, 9.17) is 10.5 Å². The summed E-state index contributed by atoms with van der Waals surface area (Å²) in [5, 5.41) is 0. The summed E-state index contributed by atoms with van der Waals surface area (Å²) < 4.78 is 5.39. The topological polar surface area (TPSA) is 55.6 Å². The highest BCUT2D eigenvalue weighted by atomic mass is 16.5. The predicted octanol–water partition coefficient (Wildman–Crippen LogP) is 2.99. The van der Waals surface area contributed by atoms with Gasteiger partial charge in [0.1, 0.15) is 5.75 Å². The standard InChI is InChI=1S/C21H30N2O2/c1-25-19-4-2-3-15(12-19)13-21(14-16-5-6-17(21)11-16)20(24)23-9-7-18(22)8-10-23/h2-4,12,16-18H,5-11,13-14,22H2,1H3. The predicted molar refractivity (Wildman–Crippen MR) is 98.4 cm³/mol. The average Bonchev–Trinajstić information content (AvgIpc) is 3.23. The SMILES string of the molecule is COc1cccc(CC2(C(=O)N3CCC(N)CC3)CC3CCC2C3)c1. The smallest absolute Gasteiger partial charge is 0.229 e. The molecule has 25 heavy (non-hydrogen) atoms. The van der Waals surface area contributed by atoms with Gasteiger partial charge in [0.05, 0.1) is 12.5 Å². The van der Waals surface area contributed by atoms with Crippen LogP contribution in [0.3, 0.4) is 0 Å². The third-order valence-corrected chi connectivity index (χ3v) is 6.88. The van der Waals surface area contributed by atoms with Gasteiger partial charge in [0, 0.05) is 19.1 Å². The molecule has 3 aliphatic rings. The lowest BCUT2D eigenvalue weighted by atomic mass is 9.68. The number of ether oxygens (including phenoxy) is 1. The van der Waals surface area contributed by atoms with E-state index in [9.17, 15) is 4.79 Å². The van der Waals surface area contributed by atoms with Crippen molar-refractivity contribution in [2.45, 2.75) is 51.0 Å². The number of amides is 1. The maximum atomic E-state index is 13.6. The Morgan fingerprint density at radius 2 is 2.08 bits per heavy atom. The monoisotopic (exact) mass is 342 g/mol. The van der Waals surface area contributed by atoms with Gasteiger partial charge in [0.15, 0.2) is 0 Å². The Labute approximate surface area is 150 Å². The molecule has 1 amide bonds. The van der Waals surface area contributed by atoms with E-state index in [1.807, 2.05) is 12.1 Å². The number of nitrogens with two attached hydrogens (primary N) is 1. The molecular formula is C21H30N2O2. The molecule has 1 aromatic carbocycles. The normalized spacial score (nSPS) is 32.2. The fourth-order valence-corrected chi connectivity index (χ4v) is 5.56. The van der Waals surface area contributed by atoms with Crippen LogP contribution in [-0.4, -0.2) is 37.0 Å². The first kappa shape index (κ1) is 16.9. The second kappa shape index (κ2) is 6.64. The number of hydrogen-bond acceptors (Lipinski definition) is 3. The van der Waals surface area contributed by atoms with E-state index in [0.29, 0.717) is 11.8 Å². The Bertz CT molecular complexity index is 639. The lowest BCUT2D eigenvalue weighted by Gasteiger charge is -2.42. The van der Waals surface area contributed by atoms with Crippen LogP contribution in [-0.2, 0) is 11.2 Å². The molecule has 1 heterocycles. The molecule has 2 N–H and O–H groups in total. The maximum Gasteiger partial charge on any atom is 0.229 e. The van der Waals surface area contributed by atoms with Gasteiger partial charge in [-0.1, -0.05) is 18.6 Å². The zero-order chi connectivity index (χ0) is 17.4. The van der Waals surface area contributed by atoms with E-state index in [1.54, 1.807) is 7.11 Å². The number of fused-ring (bicyclic) bond motifs is 2. The van der Waals surface area contributed by atoms with Gasteiger partial charge in [-0.05, 0) is 68.1 Å². The van der Waals surface area contributed by atoms with E-state index < -0.39 is 0 Å². The Morgan fingerprint density at radius 1 is 1.28 bits per heavy atom. The van der Waals surface area contributed by atoms with Crippen molar-refractivity contribution in [1.29, 1.82) is 0 Å². The van der Waals surface area contributed by atoms with Crippen LogP contribution in [0.15, 0.2) is 24.3 Å². The molecule has 3 atom stereocenters. The summed E-state index contributed by atoms with van der Waals surface area (Å²) in [5.74, 6) is 2.57. The van der Waals surface area contributed by atoms with Crippen LogP contribution in [0.4, 0.5) is 0 Å². The van der Waals surface area contributed by atoms with Crippen molar-refractivity contribution in [2.75, 3.05) is 20.2 Å². The Hall–Kier alpha value is -1.55. The second-order valence-electron chi connectivity index (χ2n) is 8.39. The molecule has 3 unspecified atom stereocenters. The molecule has 1 aromatic rings. The lowest BCUT2D eigenvalue weighted by molar-refractivity contribution is -0.146. The first-order valence-electron chi connectivity index (χ1n) is 9.78. The number of methoxy groups -OCH3 is 1. The number of hydrogen-bond donors (Lipinski definition) is 1. The van der Waals surface area contributed by atoms with E-state index >= 15 is 0 Å². The summed E-state index contributed by atoms with van der Waals surface area (Å²) in [4.78, 5) is 15.7. The maximum absolute atomic E-state index is 13.6. The molecule has 0 radical (unpaired) electrons. The van der Waals surface area contributed by atoms with Crippen molar-refractivity contribution >= 4 is 5.91 Å². The minimum atomic E-state index is -0.198. The molecule has 2 bridgehead atoms. The Morgan fingerprint density at radius 3 is 2.72 bits per heavy atom. The molecule has 0 spiro atoms. The van der Waals surface area contributed by atoms with Gasteiger partial charge < -0.3 is 15.4 Å². The van der Waals surface area contributed by atoms with Gasteiger partial charge in [0.25, 0.3) is 0 Å². The Kier molecular flexibility index (Phi) is 4.48. The first-order chi connectivity index (χ1) is 12.1. The molecular weight excluding hydrogens is 312 g/mol. The van der Waals surface area contributed by atoms with Crippen molar-refractivity contribution in [3.05, 3.63) is 29.8 Å².